The van der Waals surface area contributed by atoms with Crippen LogP contribution in [0, 0.1) is 6.92 Å². The van der Waals surface area contributed by atoms with Gasteiger partial charge in [-0.2, -0.15) is 0 Å². The third kappa shape index (κ3) is 5.84. The van der Waals surface area contributed by atoms with Crippen molar-refractivity contribution in [2.24, 2.45) is 5.73 Å². The maximum absolute atomic E-state index is 12.5. The van der Waals surface area contributed by atoms with Crippen LogP contribution in [0.4, 0.5) is 0 Å². The molecule has 29 heavy (non-hydrogen) atoms. The molecule has 1 fully saturated rings. The lowest BCUT2D eigenvalue weighted by Gasteiger charge is -2.34. The van der Waals surface area contributed by atoms with Crippen molar-refractivity contribution in [2.75, 3.05) is 19.6 Å². The van der Waals surface area contributed by atoms with Gasteiger partial charge in [0.25, 0.3) is 5.91 Å². The predicted molar refractivity (Wildman–Crippen MR) is 111 cm³/mol. The number of hydrogen-bond acceptors (Lipinski definition) is 5. The molecule has 0 bridgehead atoms. The molecular formula is C22H29N5O2. The first-order chi connectivity index (χ1) is 14.0. The average molecular weight is 396 g/mol. The van der Waals surface area contributed by atoms with Crippen LogP contribution >= 0.6 is 0 Å². The van der Waals surface area contributed by atoms with E-state index in [1.807, 2.05) is 18.2 Å². The lowest BCUT2D eigenvalue weighted by molar-refractivity contribution is -0.123. The van der Waals surface area contributed by atoms with Gasteiger partial charge < -0.3 is 11.1 Å². The van der Waals surface area contributed by atoms with Gasteiger partial charge in [-0.05, 0) is 44.7 Å². The van der Waals surface area contributed by atoms with E-state index in [9.17, 15) is 9.59 Å². The highest BCUT2D eigenvalue weighted by molar-refractivity contribution is 5.93. The van der Waals surface area contributed by atoms with E-state index in [0.29, 0.717) is 30.2 Å². The van der Waals surface area contributed by atoms with E-state index >= 15 is 0 Å². The van der Waals surface area contributed by atoms with Crippen molar-refractivity contribution in [3.8, 4) is 0 Å². The van der Waals surface area contributed by atoms with E-state index in [0.717, 1.165) is 38.6 Å². The standard InChI is InChI=1S/C22H29N5O2/c1-16-18(21(23)29)14-25-22(26-16)19-11-5-6-13-27(19)15-20(28)24-12-7-10-17-8-3-2-4-9-17/h2-4,8-9,14,19H,5-7,10-13,15H2,1H3,(H2,23,29)(H,24,28). The molecule has 154 valence electrons. The summed E-state index contributed by atoms with van der Waals surface area (Å²) in [6.07, 6.45) is 6.38. The van der Waals surface area contributed by atoms with Crippen molar-refractivity contribution in [3.63, 3.8) is 0 Å². The molecule has 0 spiro atoms. The average Bonchev–Trinajstić information content (AvgIpc) is 2.72. The molecule has 1 saturated heterocycles. The minimum absolute atomic E-state index is 0.0144. The number of nitrogens with two attached hydrogens (primary N) is 1. The summed E-state index contributed by atoms with van der Waals surface area (Å²) in [6, 6.07) is 10.3. The molecule has 1 aromatic carbocycles. The normalized spacial score (nSPS) is 17.1. The molecule has 0 aliphatic carbocycles. The fourth-order valence-electron chi connectivity index (χ4n) is 3.77. The molecule has 3 N–H and O–H groups in total. The number of aryl methyl sites for hydroxylation is 2. The Labute approximate surface area is 171 Å². The summed E-state index contributed by atoms with van der Waals surface area (Å²) in [5, 5.41) is 3.03. The summed E-state index contributed by atoms with van der Waals surface area (Å²) in [5.41, 5.74) is 7.55. The Morgan fingerprint density at radius 3 is 2.76 bits per heavy atom. The van der Waals surface area contributed by atoms with Crippen molar-refractivity contribution >= 4 is 11.8 Å². The second-order valence-electron chi connectivity index (χ2n) is 7.51. The molecular weight excluding hydrogens is 366 g/mol. The van der Waals surface area contributed by atoms with Crippen molar-refractivity contribution in [1.82, 2.24) is 20.2 Å². The summed E-state index contributed by atoms with van der Waals surface area (Å²) in [5.74, 6) is 0.156. The minimum Gasteiger partial charge on any atom is -0.365 e. The zero-order valence-electron chi connectivity index (χ0n) is 16.9. The summed E-state index contributed by atoms with van der Waals surface area (Å²) >= 11 is 0. The number of amides is 2. The number of nitrogens with zero attached hydrogens (tertiary/aromatic N) is 3. The number of rotatable bonds is 8. The first-order valence-electron chi connectivity index (χ1n) is 10.2. The number of aromatic nitrogens is 2. The van der Waals surface area contributed by atoms with Gasteiger partial charge in [-0.1, -0.05) is 36.8 Å². The van der Waals surface area contributed by atoms with E-state index in [-0.39, 0.29) is 11.9 Å². The van der Waals surface area contributed by atoms with E-state index in [1.165, 1.54) is 11.8 Å². The smallest absolute Gasteiger partial charge is 0.252 e. The van der Waals surface area contributed by atoms with E-state index < -0.39 is 5.91 Å². The number of benzene rings is 1. The number of carbonyl (C=O) groups is 2. The summed E-state index contributed by atoms with van der Waals surface area (Å²) in [6.45, 7) is 3.59. The molecule has 1 aliphatic rings. The molecule has 0 radical (unpaired) electrons. The predicted octanol–water partition coefficient (Wildman–Crippen LogP) is 2.16. The third-order valence-electron chi connectivity index (χ3n) is 5.33. The van der Waals surface area contributed by atoms with Gasteiger partial charge in [0.1, 0.15) is 5.82 Å². The number of carbonyl (C=O) groups excluding carboxylic acids is 2. The van der Waals surface area contributed by atoms with Crippen molar-refractivity contribution in [1.29, 1.82) is 0 Å². The largest absolute Gasteiger partial charge is 0.365 e. The van der Waals surface area contributed by atoms with Crippen LogP contribution in [-0.2, 0) is 11.2 Å². The topological polar surface area (TPSA) is 101 Å². The Morgan fingerprint density at radius 2 is 2.03 bits per heavy atom. The van der Waals surface area contributed by atoms with Crippen LogP contribution in [0.2, 0.25) is 0 Å². The molecule has 1 aliphatic heterocycles. The van der Waals surface area contributed by atoms with Gasteiger partial charge in [0.15, 0.2) is 0 Å². The number of primary amides is 1. The molecule has 1 unspecified atom stereocenters. The number of hydrogen-bond donors (Lipinski definition) is 2. The van der Waals surface area contributed by atoms with Gasteiger partial charge in [0, 0.05) is 12.7 Å². The zero-order valence-corrected chi connectivity index (χ0v) is 16.9. The fraction of sp³-hybridized carbons (Fsp3) is 0.455. The van der Waals surface area contributed by atoms with Gasteiger partial charge >= 0.3 is 0 Å². The lowest BCUT2D eigenvalue weighted by atomic mass is 10.0. The molecule has 1 atom stereocenters. The van der Waals surface area contributed by atoms with Crippen LogP contribution in [0.15, 0.2) is 36.5 Å². The maximum Gasteiger partial charge on any atom is 0.252 e. The van der Waals surface area contributed by atoms with Crippen molar-refractivity contribution < 1.29 is 9.59 Å². The molecule has 2 amide bonds. The second kappa shape index (κ2) is 10.1. The van der Waals surface area contributed by atoms with Crippen molar-refractivity contribution in [3.05, 3.63) is 59.2 Å². The van der Waals surface area contributed by atoms with Crippen LogP contribution < -0.4 is 11.1 Å². The molecule has 1 aromatic heterocycles. The first-order valence-corrected chi connectivity index (χ1v) is 10.2. The van der Waals surface area contributed by atoms with Crippen LogP contribution in [-0.4, -0.2) is 46.3 Å². The van der Waals surface area contributed by atoms with Gasteiger partial charge in [-0.25, -0.2) is 9.97 Å². The fourth-order valence-corrected chi connectivity index (χ4v) is 3.77. The number of likely N-dealkylation sites (tertiary alicyclic amines) is 1. The van der Waals surface area contributed by atoms with Crippen molar-refractivity contribution in [2.45, 2.75) is 45.1 Å². The molecule has 3 rings (SSSR count). The van der Waals surface area contributed by atoms with Gasteiger partial charge in [-0.3, -0.25) is 14.5 Å². The summed E-state index contributed by atoms with van der Waals surface area (Å²) in [4.78, 5) is 34.9. The van der Waals surface area contributed by atoms with Crippen LogP contribution in [0.25, 0.3) is 0 Å². The van der Waals surface area contributed by atoms with Crippen LogP contribution in [0.5, 0.6) is 0 Å². The number of nitrogens with one attached hydrogen (secondary N) is 1. The van der Waals surface area contributed by atoms with Crippen LogP contribution in [0.1, 0.15) is 59.2 Å². The minimum atomic E-state index is -0.524. The molecule has 7 heteroatoms. The van der Waals surface area contributed by atoms with Gasteiger partial charge in [0.2, 0.25) is 5.91 Å². The Morgan fingerprint density at radius 1 is 1.24 bits per heavy atom. The number of piperidine rings is 1. The maximum atomic E-state index is 12.5. The summed E-state index contributed by atoms with van der Waals surface area (Å²) < 4.78 is 0. The highest BCUT2D eigenvalue weighted by Crippen LogP contribution is 2.28. The van der Waals surface area contributed by atoms with Gasteiger partial charge in [0.05, 0.1) is 23.8 Å². The SMILES string of the molecule is Cc1nc(C2CCCCN2CC(=O)NCCCc2ccccc2)ncc1C(N)=O. The highest BCUT2D eigenvalue weighted by Gasteiger charge is 2.28. The van der Waals surface area contributed by atoms with Gasteiger partial charge in [-0.15, -0.1) is 0 Å². The molecule has 2 aromatic rings. The Bertz CT molecular complexity index is 840. The molecule has 0 saturated carbocycles. The highest BCUT2D eigenvalue weighted by atomic mass is 16.2. The van der Waals surface area contributed by atoms with Crippen LogP contribution in [0.3, 0.4) is 0 Å². The molecule has 2 heterocycles. The Hall–Kier alpha value is -2.80. The van der Waals surface area contributed by atoms with E-state index in [1.54, 1.807) is 6.92 Å². The van der Waals surface area contributed by atoms with E-state index in [4.69, 9.17) is 5.73 Å². The summed E-state index contributed by atoms with van der Waals surface area (Å²) in [7, 11) is 0. The molecule has 7 nitrogen and oxygen atoms in total. The second-order valence-corrected chi connectivity index (χ2v) is 7.51. The lowest BCUT2D eigenvalue weighted by Crippen LogP contribution is -2.42. The Balaban J connectivity index is 1.53. The monoisotopic (exact) mass is 395 g/mol. The first kappa shape index (κ1) is 20.9. The quantitative estimate of drug-likeness (QED) is 0.667. The Kier molecular flexibility index (Phi) is 7.30. The third-order valence-corrected chi connectivity index (χ3v) is 5.33. The zero-order chi connectivity index (χ0) is 20.6. The van der Waals surface area contributed by atoms with E-state index in [2.05, 4.69) is 32.3 Å².